The third-order valence-corrected chi connectivity index (χ3v) is 6.01. The molecule has 0 radical (unpaired) electrons. The van der Waals surface area contributed by atoms with Crippen molar-refractivity contribution in [3.05, 3.63) is 22.4 Å². The van der Waals surface area contributed by atoms with Crippen LogP contribution in [-0.4, -0.2) is 74.3 Å². The monoisotopic (exact) mass is 478 g/mol. The Kier molecular flexibility index (Phi) is 8.95. The number of likely N-dealkylation sites (tertiary alicyclic amines) is 1. The molecule has 0 bridgehead atoms. The highest BCUT2D eigenvalue weighted by atomic mass is 127. The normalized spacial score (nSPS) is 23.4. The number of guanidine groups is 1. The third kappa shape index (κ3) is 5.80. The molecule has 3 rings (SSSR count). The molecule has 3 heterocycles. The van der Waals surface area contributed by atoms with Crippen molar-refractivity contribution in [1.82, 2.24) is 15.1 Å². The Morgan fingerprint density at radius 3 is 2.88 bits per heavy atom. The maximum atomic E-state index is 5.48. The molecule has 142 valence electrons. The molecule has 1 N–H and O–H groups in total. The van der Waals surface area contributed by atoms with Crippen molar-refractivity contribution in [3.8, 4) is 0 Å². The van der Waals surface area contributed by atoms with Crippen molar-refractivity contribution in [2.75, 3.05) is 52.5 Å². The van der Waals surface area contributed by atoms with Gasteiger partial charge in [0.25, 0.3) is 0 Å². The van der Waals surface area contributed by atoms with E-state index in [0.717, 1.165) is 58.4 Å². The molecule has 0 aromatic carbocycles. The van der Waals surface area contributed by atoms with Crippen LogP contribution in [-0.2, 0) is 4.74 Å². The van der Waals surface area contributed by atoms with Crippen molar-refractivity contribution >= 4 is 41.3 Å². The van der Waals surface area contributed by atoms with Gasteiger partial charge in [-0.25, -0.2) is 0 Å². The lowest BCUT2D eigenvalue weighted by molar-refractivity contribution is 0.0195. The van der Waals surface area contributed by atoms with Crippen molar-refractivity contribution in [3.63, 3.8) is 0 Å². The molecular formula is C18H31IN4OS. The first-order valence-electron chi connectivity index (χ1n) is 9.16. The van der Waals surface area contributed by atoms with E-state index >= 15 is 0 Å². The van der Waals surface area contributed by atoms with E-state index in [2.05, 4.69) is 46.5 Å². The molecule has 0 aliphatic carbocycles. The molecule has 2 atom stereocenters. The van der Waals surface area contributed by atoms with Gasteiger partial charge in [0.1, 0.15) is 0 Å². The lowest BCUT2D eigenvalue weighted by atomic mass is 10.1. The van der Waals surface area contributed by atoms with Crippen LogP contribution in [0.15, 0.2) is 22.5 Å². The topological polar surface area (TPSA) is 40.1 Å². The molecule has 25 heavy (non-hydrogen) atoms. The van der Waals surface area contributed by atoms with Gasteiger partial charge in [-0.3, -0.25) is 9.89 Å². The second-order valence-electron chi connectivity index (χ2n) is 6.65. The smallest absolute Gasteiger partial charge is 0.193 e. The van der Waals surface area contributed by atoms with E-state index in [1.807, 2.05) is 11.3 Å². The summed E-state index contributed by atoms with van der Waals surface area (Å²) in [7, 11) is 0. The van der Waals surface area contributed by atoms with Crippen molar-refractivity contribution in [1.29, 1.82) is 0 Å². The lowest BCUT2D eigenvalue weighted by Gasteiger charge is -2.32. The van der Waals surface area contributed by atoms with Crippen molar-refractivity contribution in [2.45, 2.75) is 32.2 Å². The Bertz CT molecular complexity index is 519. The zero-order valence-electron chi connectivity index (χ0n) is 15.3. The number of ether oxygens (including phenoxy) is 1. The van der Waals surface area contributed by atoms with Crippen LogP contribution < -0.4 is 5.32 Å². The van der Waals surface area contributed by atoms with Crippen LogP contribution in [0.2, 0.25) is 0 Å². The zero-order valence-corrected chi connectivity index (χ0v) is 18.5. The minimum Gasteiger partial charge on any atom is -0.379 e. The Hall–Kier alpha value is -0.380. The highest BCUT2D eigenvalue weighted by Gasteiger charge is 2.30. The molecule has 2 aliphatic rings. The predicted octanol–water partition coefficient (Wildman–Crippen LogP) is 2.84. The molecular weight excluding hydrogens is 447 g/mol. The van der Waals surface area contributed by atoms with E-state index in [9.17, 15) is 0 Å². The molecule has 5 nitrogen and oxygen atoms in total. The second kappa shape index (κ2) is 10.7. The molecule has 7 heteroatoms. The maximum absolute atomic E-state index is 5.48. The first-order valence-corrected chi connectivity index (χ1v) is 10.0. The predicted molar refractivity (Wildman–Crippen MR) is 116 cm³/mol. The van der Waals surface area contributed by atoms with E-state index in [0.29, 0.717) is 12.0 Å². The fourth-order valence-electron chi connectivity index (χ4n) is 3.49. The molecule has 2 saturated heterocycles. The van der Waals surface area contributed by atoms with Gasteiger partial charge in [-0.15, -0.1) is 35.3 Å². The number of thiophene rings is 1. The summed E-state index contributed by atoms with van der Waals surface area (Å²) in [6, 6.07) is 4.98. The fraction of sp³-hybridized carbons (Fsp3) is 0.722. The van der Waals surface area contributed by atoms with Crippen LogP contribution in [0.1, 0.15) is 31.1 Å². The summed E-state index contributed by atoms with van der Waals surface area (Å²) in [5, 5.41) is 5.63. The van der Waals surface area contributed by atoms with Gasteiger partial charge in [-0.2, -0.15) is 0 Å². The number of morpholine rings is 1. The number of nitrogens with zero attached hydrogens (tertiary/aromatic N) is 3. The molecule has 1 aromatic heterocycles. The number of halogens is 1. The van der Waals surface area contributed by atoms with Crippen LogP contribution in [0.5, 0.6) is 0 Å². The van der Waals surface area contributed by atoms with Gasteiger partial charge in [-0.05, 0) is 24.8 Å². The lowest BCUT2D eigenvalue weighted by Crippen LogP contribution is -2.46. The highest BCUT2D eigenvalue weighted by molar-refractivity contribution is 14.0. The van der Waals surface area contributed by atoms with Crippen LogP contribution >= 0.6 is 35.3 Å². The molecule has 2 fully saturated rings. The first kappa shape index (κ1) is 20.9. The van der Waals surface area contributed by atoms with Crippen LogP contribution in [0.4, 0.5) is 0 Å². The Morgan fingerprint density at radius 2 is 2.20 bits per heavy atom. The van der Waals surface area contributed by atoms with E-state index < -0.39 is 0 Å². The third-order valence-electron chi connectivity index (χ3n) is 4.90. The van der Waals surface area contributed by atoms with Crippen molar-refractivity contribution in [2.24, 2.45) is 4.99 Å². The summed E-state index contributed by atoms with van der Waals surface area (Å²) in [5.74, 6) is 1.56. The SMILES string of the molecule is CCNC(=NCC(C)c1cccs1)N1CCC(N2CCOCC2)C1.I. The summed E-state index contributed by atoms with van der Waals surface area (Å²) in [4.78, 5) is 11.4. The van der Waals surface area contributed by atoms with E-state index in [1.165, 1.54) is 11.3 Å². The van der Waals surface area contributed by atoms with Gasteiger partial charge < -0.3 is 15.0 Å². The highest BCUT2D eigenvalue weighted by Crippen LogP contribution is 2.21. The average Bonchev–Trinajstić information content (AvgIpc) is 3.30. The summed E-state index contributed by atoms with van der Waals surface area (Å²) < 4.78 is 5.48. The molecule has 1 aromatic rings. The fourth-order valence-corrected chi connectivity index (χ4v) is 4.26. The number of hydrogen-bond donors (Lipinski definition) is 1. The molecule has 2 aliphatic heterocycles. The largest absolute Gasteiger partial charge is 0.379 e. The molecule has 2 unspecified atom stereocenters. The summed E-state index contributed by atoms with van der Waals surface area (Å²) >= 11 is 1.83. The summed E-state index contributed by atoms with van der Waals surface area (Å²) in [5.41, 5.74) is 0. The number of nitrogens with one attached hydrogen (secondary N) is 1. The number of aliphatic imine (C=N–C) groups is 1. The minimum atomic E-state index is 0. The zero-order chi connectivity index (χ0) is 16.8. The Labute approximate surface area is 172 Å². The van der Waals surface area contributed by atoms with Crippen LogP contribution in [0.3, 0.4) is 0 Å². The maximum Gasteiger partial charge on any atom is 0.193 e. The van der Waals surface area contributed by atoms with Crippen molar-refractivity contribution < 1.29 is 4.74 Å². The molecule has 0 spiro atoms. The van der Waals surface area contributed by atoms with Gasteiger partial charge in [0, 0.05) is 49.6 Å². The minimum absolute atomic E-state index is 0. The van der Waals surface area contributed by atoms with Gasteiger partial charge >= 0.3 is 0 Å². The summed E-state index contributed by atoms with van der Waals surface area (Å²) in [6.07, 6.45) is 1.23. The Balaban J connectivity index is 0.00000225. The first-order chi connectivity index (χ1) is 11.8. The van der Waals surface area contributed by atoms with E-state index in [1.54, 1.807) is 0 Å². The van der Waals surface area contributed by atoms with Gasteiger partial charge in [-0.1, -0.05) is 13.0 Å². The number of hydrogen-bond acceptors (Lipinski definition) is 4. The number of rotatable bonds is 5. The van der Waals surface area contributed by atoms with Gasteiger partial charge in [0.15, 0.2) is 5.96 Å². The molecule has 0 amide bonds. The molecule has 0 saturated carbocycles. The average molecular weight is 478 g/mol. The Morgan fingerprint density at radius 1 is 1.40 bits per heavy atom. The van der Waals surface area contributed by atoms with Crippen LogP contribution in [0.25, 0.3) is 0 Å². The van der Waals surface area contributed by atoms with E-state index in [4.69, 9.17) is 9.73 Å². The van der Waals surface area contributed by atoms with Gasteiger partial charge in [0.2, 0.25) is 0 Å². The second-order valence-corrected chi connectivity index (χ2v) is 7.63. The standard InChI is InChI=1S/C18H30N4OS.HI/c1-3-19-18(20-13-15(2)17-5-4-12-24-17)22-7-6-16(14-22)21-8-10-23-11-9-21;/h4-5,12,15-16H,3,6-11,13-14H2,1-2H3,(H,19,20);1H. The summed E-state index contributed by atoms with van der Waals surface area (Å²) in [6.45, 7) is 12.3. The van der Waals surface area contributed by atoms with Gasteiger partial charge in [0.05, 0.1) is 19.8 Å². The van der Waals surface area contributed by atoms with Crippen LogP contribution in [0, 0.1) is 0 Å². The quantitative estimate of drug-likeness (QED) is 0.402. The van der Waals surface area contributed by atoms with E-state index in [-0.39, 0.29) is 24.0 Å².